The number of rotatable bonds is 5. The van der Waals surface area contributed by atoms with E-state index in [4.69, 9.17) is 4.74 Å². The maximum atomic E-state index is 12.6. The van der Waals surface area contributed by atoms with Crippen molar-refractivity contribution >= 4 is 11.7 Å². The third-order valence-electron chi connectivity index (χ3n) is 4.70. The molecule has 27 heavy (non-hydrogen) atoms. The summed E-state index contributed by atoms with van der Waals surface area (Å²) in [5.41, 5.74) is 1.96. The second kappa shape index (κ2) is 7.49. The molecule has 7 heteroatoms. The molecule has 1 fully saturated rings. The number of nitrogens with zero attached hydrogens (tertiary/aromatic N) is 3. The van der Waals surface area contributed by atoms with Gasteiger partial charge in [0.25, 0.3) is 5.91 Å². The zero-order chi connectivity index (χ0) is 18.6. The Morgan fingerprint density at radius 2 is 2.11 bits per heavy atom. The van der Waals surface area contributed by atoms with Gasteiger partial charge in [-0.15, -0.1) is 0 Å². The molecule has 0 saturated carbocycles. The smallest absolute Gasteiger partial charge is 0.269 e. The Labute approximate surface area is 157 Å². The maximum Gasteiger partial charge on any atom is 0.269 e. The third-order valence-corrected chi connectivity index (χ3v) is 4.70. The van der Waals surface area contributed by atoms with Crippen LogP contribution in [0.15, 0.2) is 54.7 Å². The normalized spacial score (nSPS) is 16.3. The van der Waals surface area contributed by atoms with Gasteiger partial charge in [-0.25, -0.2) is 4.98 Å². The van der Waals surface area contributed by atoms with Crippen molar-refractivity contribution in [2.24, 2.45) is 0 Å². The number of carbonyl (C=O) groups is 1. The van der Waals surface area contributed by atoms with E-state index in [1.165, 1.54) is 0 Å². The molecule has 1 atom stereocenters. The van der Waals surface area contributed by atoms with Crippen LogP contribution in [0.4, 0.5) is 5.82 Å². The lowest BCUT2D eigenvalue weighted by atomic mass is 10.1. The Balaban J connectivity index is 1.42. The fraction of sp³-hybridized carbons (Fsp3) is 0.250. The largest absolute Gasteiger partial charge is 0.496 e. The average Bonchev–Trinajstić information content (AvgIpc) is 3.38. The van der Waals surface area contributed by atoms with E-state index in [9.17, 15) is 4.79 Å². The van der Waals surface area contributed by atoms with Crippen LogP contribution in [0.2, 0.25) is 0 Å². The Bertz CT molecular complexity index is 925. The first kappa shape index (κ1) is 17.1. The number of nitrogens with one attached hydrogen (secondary N) is 2. The van der Waals surface area contributed by atoms with Crippen molar-refractivity contribution in [3.05, 3.63) is 60.4 Å². The number of amides is 1. The van der Waals surface area contributed by atoms with Crippen LogP contribution in [0.5, 0.6) is 5.75 Å². The van der Waals surface area contributed by atoms with Crippen molar-refractivity contribution in [3.63, 3.8) is 0 Å². The van der Waals surface area contributed by atoms with Crippen LogP contribution in [0.3, 0.4) is 0 Å². The Hall–Kier alpha value is -3.35. The molecule has 2 aromatic heterocycles. The van der Waals surface area contributed by atoms with Crippen molar-refractivity contribution in [1.82, 2.24) is 20.5 Å². The Morgan fingerprint density at radius 3 is 2.93 bits per heavy atom. The van der Waals surface area contributed by atoms with Crippen molar-refractivity contribution in [1.29, 1.82) is 0 Å². The average molecular weight is 363 g/mol. The van der Waals surface area contributed by atoms with Gasteiger partial charge in [0.05, 0.1) is 12.8 Å². The highest BCUT2D eigenvalue weighted by molar-refractivity contribution is 5.93. The van der Waals surface area contributed by atoms with E-state index in [-0.39, 0.29) is 11.9 Å². The Morgan fingerprint density at radius 1 is 1.26 bits per heavy atom. The molecular formula is C20H21N5O2. The summed E-state index contributed by atoms with van der Waals surface area (Å²) in [4.78, 5) is 19.1. The second-order valence-electron chi connectivity index (χ2n) is 6.46. The van der Waals surface area contributed by atoms with Gasteiger partial charge in [0, 0.05) is 30.9 Å². The summed E-state index contributed by atoms with van der Waals surface area (Å²) in [6.07, 6.45) is 2.67. The number of hydrogen-bond donors (Lipinski definition) is 2. The highest BCUT2D eigenvalue weighted by Crippen LogP contribution is 2.28. The van der Waals surface area contributed by atoms with Crippen LogP contribution >= 0.6 is 0 Å². The lowest BCUT2D eigenvalue weighted by molar-refractivity contribution is 0.0935. The van der Waals surface area contributed by atoms with Gasteiger partial charge in [-0.05, 0) is 36.8 Å². The second-order valence-corrected chi connectivity index (χ2v) is 6.46. The van der Waals surface area contributed by atoms with Crippen LogP contribution in [-0.4, -0.2) is 47.3 Å². The molecule has 7 nitrogen and oxygen atoms in total. The van der Waals surface area contributed by atoms with Gasteiger partial charge in [-0.2, -0.15) is 5.10 Å². The molecule has 3 heterocycles. The molecule has 1 amide bonds. The van der Waals surface area contributed by atoms with Crippen LogP contribution in [0.1, 0.15) is 16.9 Å². The molecule has 1 aliphatic heterocycles. The minimum atomic E-state index is -0.156. The first-order valence-corrected chi connectivity index (χ1v) is 8.90. The van der Waals surface area contributed by atoms with E-state index in [1.54, 1.807) is 19.4 Å². The summed E-state index contributed by atoms with van der Waals surface area (Å²) >= 11 is 0. The first-order chi connectivity index (χ1) is 13.2. The van der Waals surface area contributed by atoms with E-state index >= 15 is 0 Å². The lowest BCUT2D eigenvalue weighted by Crippen LogP contribution is -2.37. The number of hydrogen-bond acceptors (Lipinski definition) is 5. The van der Waals surface area contributed by atoms with Crippen molar-refractivity contribution in [2.75, 3.05) is 25.1 Å². The summed E-state index contributed by atoms with van der Waals surface area (Å²) in [5, 5.41) is 10.2. The fourth-order valence-electron chi connectivity index (χ4n) is 3.32. The molecule has 1 aliphatic rings. The number of methoxy groups -OCH3 is 1. The van der Waals surface area contributed by atoms with Crippen molar-refractivity contribution in [3.8, 4) is 17.0 Å². The summed E-state index contributed by atoms with van der Waals surface area (Å²) in [6.45, 7) is 1.62. The van der Waals surface area contributed by atoms with Gasteiger partial charge >= 0.3 is 0 Å². The summed E-state index contributed by atoms with van der Waals surface area (Å²) in [5.74, 6) is 1.50. The molecule has 4 rings (SSSR count). The van der Waals surface area contributed by atoms with Crippen LogP contribution in [0, 0.1) is 0 Å². The van der Waals surface area contributed by atoms with Crippen LogP contribution < -0.4 is 15.0 Å². The highest BCUT2D eigenvalue weighted by atomic mass is 16.5. The predicted molar refractivity (Wildman–Crippen MR) is 103 cm³/mol. The number of ether oxygens (including phenoxy) is 1. The number of anilines is 1. The molecule has 2 N–H and O–H groups in total. The number of aromatic amines is 1. The fourth-order valence-corrected chi connectivity index (χ4v) is 3.32. The van der Waals surface area contributed by atoms with E-state index in [2.05, 4.69) is 25.4 Å². The molecule has 0 spiro atoms. The first-order valence-electron chi connectivity index (χ1n) is 8.90. The number of benzene rings is 1. The third kappa shape index (κ3) is 3.62. The minimum Gasteiger partial charge on any atom is -0.496 e. The number of carbonyl (C=O) groups excluding carboxylic acids is 1. The topological polar surface area (TPSA) is 83.1 Å². The van der Waals surface area contributed by atoms with Crippen LogP contribution in [-0.2, 0) is 0 Å². The van der Waals surface area contributed by atoms with Gasteiger partial charge in [-0.1, -0.05) is 18.2 Å². The number of para-hydroxylation sites is 1. The molecule has 0 aliphatic carbocycles. The van der Waals surface area contributed by atoms with Crippen LogP contribution in [0.25, 0.3) is 11.3 Å². The van der Waals surface area contributed by atoms with Crippen molar-refractivity contribution in [2.45, 2.75) is 12.5 Å². The lowest BCUT2D eigenvalue weighted by Gasteiger charge is -2.17. The molecule has 1 unspecified atom stereocenters. The van der Waals surface area contributed by atoms with Gasteiger partial charge in [0.1, 0.15) is 17.3 Å². The van der Waals surface area contributed by atoms with Gasteiger partial charge in [0.2, 0.25) is 0 Å². The molecule has 3 aromatic rings. The van der Waals surface area contributed by atoms with Gasteiger partial charge in [-0.3, -0.25) is 9.89 Å². The SMILES string of the molecule is COc1ccccc1-c1cc(C(=O)NC2CCN(c3ccccn3)C2)[nH]n1. The molecule has 1 saturated heterocycles. The molecular weight excluding hydrogens is 342 g/mol. The van der Waals surface area contributed by atoms with Gasteiger partial charge in [0.15, 0.2) is 0 Å². The van der Waals surface area contributed by atoms with Crippen molar-refractivity contribution < 1.29 is 9.53 Å². The monoisotopic (exact) mass is 363 g/mol. The minimum absolute atomic E-state index is 0.0810. The zero-order valence-corrected chi connectivity index (χ0v) is 15.1. The maximum absolute atomic E-state index is 12.6. The standard InChI is InChI=1S/C20H21N5O2/c1-27-18-7-3-2-6-15(18)16-12-17(24-23-16)20(26)22-14-9-11-25(13-14)19-8-4-5-10-21-19/h2-8,10,12,14H,9,11,13H2,1H3,(H,22,26)(H,23,24). The van der Waals surface area contributed by atoms with E-state index in [0.29, 0.717) is 11.4 Å². The zero-order valence-electron chi connectivity index (χ0n) is 15.1. The van der Waals surface area contributed by atoms with E-state index < -0.39 is 0 Å². The molecule has 0 radical (unpaired) electrons. The highest BCUT2D eigenvalue weighted by Gasteiger charge is 2.25. The van der Waals surface area contributed by atoms with Gasteiger partial charge < -0.3 is 15.0 Å². The number of H-pyrrole nitrogens is 1. The molecule has 1 aromatic carbocycles. The summed E-state index contributed by atoms with van der Waals surface area (Å²) in [7, 11) is 1.62. The predicted octanol–water partition coefficient (Wildman–Crippen LogP) is 2.49. The number of pyridine rings is 1. The molecule has 138 valence electrons. The van der Waals surface area contributed by atoms with E-state index in [0.717, 1.165) is 36.6 Å². The molecule has 0 bridgehead atoms. The number of aromatic nitrogens is 3. The summed E-state index contributed by atoms with van der Waals surface area (Å²) in [6, 6.07) is 15.3. The van der Waals surface area contributed by atoms with E-state index in [1.807, 2.05) is 42.5 Å². The summed E-state index contributed by atoms with van der Waals surface area (Å²) < 4.78 is 5.37. The Kier molecular flexibility index (Phi) is 4.74. The quantitative estimate of drug-likeness (QED) is 0.728.